The van der Waals surface area contributed by atoms with Gasteiger partial charge in [0, 0.05) is 0 Å². The molecule has 54 valence electrons. The van der Waals surface area contributed by atoms with Crippen LogP contribution in [0.2, 0.25) is 0 Å². The van der Waals surface area contributed by atoms with E-state index in [9.17, 15) is 4.79 Å². The first-order valence-corrected chi connectivity index (χ1v) is 2.85. The van der Waals surface area contributed by atoms with E-state index in [2.05, 4.69) is 4.74 Å². The second kappa shape index (κ2) is 3.45. The van der Waals surface area contributed by atoms with Gasteiger partial charge in [0.25, 0.3) is 0 Å². The van der Waals surface area contributed by atoms with Crippen molar-refractivity contribution in [3.8, 4) is 0 Å². The summed E-state index contributed by atoms with van der Waals surface area (Å²) in [7, 11) is 1.31. The van der Waals surface area contributed by atoms with Gasteiger partial charge in [-0.05, 0) is 13.8 Å². The summed E-state index contributed by atoms with van der Waals surface area (Å²) in [5.74, 6) is -0.792. The number of aliphatic hydroxyl groups excluding tert-OH is 1. The Morgan fingerprint density at radius 1 is 1.56 bits per heavy atom. The Morgan fingerprint density at radius 3 is 2.11 bits per heavy atom. The zero-order valence-corrected chi connectivity index (χ0v) is 5.92. The number of hydrogen-bond acceptors (Lipinski definition) is 3. The van der Waals surface area contributed by atoms with Gasteiger partial charge >= 0.3 is 5.97 Å². The van der Waals surface area contributed by atoms with E-state index in [0.717, 1.165) is 0 Å². The van der Waals surface area contributed by atoms with Gasteiger partial charge in [0.1, 0.15) is 0 Å². The first-order chi connectivity index (χ1) is 4.09. The Hall–Kier alpha value is -0.570. The minimum absolute atomic E-state index is 0.370. The van der Waals surface area contributed by atoms with Crippen LogP contribution in [0.1, 0.15) is 13.8 Å². The molecule has 0 heterocycles. The number of carbonyl (C=O) groups is 1. The third-order valence-electron chi connectivity index (χ3n) is 1.30. The Balaban J connectivity index is 3.72. The summed E-state index contributed by atoms with van der Waals surface area (Å²) in [4.78, 5) is 10.6. The van der Waals surface area contributed by atoms with Gasteiger partial charge in [0.15, 0.2) is 0 Å². The minimum Gasteiger partial charge on any atom is -0.469 e. The van der Waals surface area contributed by atoms with Gasteiger partial charge in [-0.2, -0.15) is 0 Å². The van der Waals surface area contributed by atoms with Crippen LogP contribution in [0.4, 0.5) is 0 Å². The van der Waals surface area contributed by atoms with Crippen LogP contribution in [0.15, 0.2) is 0 Å². The molecule has 1 unspecified atom stereocenters. The Labute approximate surface area is 54.6 Å². The Bertz CT molecular complexity index is 98.5. The van der Waals surface area contributed by atoms with E-state index in [1.807, 2.05) is 0 Å². The van der Waals surface area contributed by atoms with E-state index in [0.29, 0.717) is 0 Å². The van der Waals surface area contributed by atoms with Crippen molar-refractivity contribution >= 4 is 5.97 Å². The predicted octanol–water partition coefficient (Wildman–Crippen LogP) is 0.176. The molecule has 0 aromatic carbocycles. The maximum Gasteiger partial charge on any atom is 0.310 e. The molecule has 0 fully saturated rings. The van der Waals surface area contributed by atoms with Gasteiger partial charge in [-0.3, -0.25) is 4.79 Å². The van der Waals surface area contributed by atoms with Crippen LogP contribution in [0.5, 0.6) is 0 Å². The molecule has 0 aliphatic rings. The molecular weight excluding hydrogens is 120 g/mol. The van der Waals surface area contributed by atoms with E-state index in [-0.39, 0.29) is 5.97 Å². The van der Waals surface area contributed by atoms with Gasteiger partial charge in [-0.25, -0.2) is 0 Å². The highest BCUT2D eigenvalue weighted by Gasteiger charge is 2.17. The molecule has 1 N–H and O–H groups in total. The standard InChI is InChI=1S/C6H12O3/c1-4(5(2)7)6(8)9-3/h4-5,7H,1-3H3/t4?,5-/m0/s1. The lowest BCUT2D eigenvalue weighted by Crippen LogP contribution is -2.23. The van der Waals surface area contributed by atoms with Crippen LogP contribution in [0.25, 0.3) is 0 Å². The third kappa shape index (κ3) is 2.46. The molecule has 0 radical (unpaired) electrons. The molecule has 3 heteroatoms. The van der Waals surface area contributed by atoms with E-state index < -0.39 is 12.0 Å². The summed E-state index contributed by atoms with van der Waals surface area (Å²) in [6, 6.07) is 0. The molecule has 9 heavy (non-hydrogen) atoms. The van der Waals surface area contributed by atoms with E-state index in [4.69, 9.17) is 5.11 Å². The number of hydrogen-bond donors (Lipinski definition) is 1. The lowest BCUT2D eigenvalue weighted by Gasteiger charge is -2.10. The summed E-state index contributed by atoms with van der Waals surface area (Å²) < 4.78 is 4.37. The van der Waals surface area contributed by atoms with Gasteiger partial charge < -0.3 is 9.84 Å². The topological polar surface area (TPSA) is 46.5 Å². The molecule has 0 amide bonds. The van der Waals surface area contributed by atoms with Crippen molar-refractivity contribution < 1.29 is 14.6 Å². The number of carbonyl (C=O) groups excluding carboxylic acids is 1. The summed E-state index contributed by atoms with van der Waals surface area (Å²) in [5.41, 5.74) is 0. The predicted molar refractivity (Wildman–Crippen MR) is 32.9 cm³/mol. The zero-order chi connectivity index (χ0) is 7.44. The maximum atomic E-state index is 10.6. The molecule has 0 aliphatic carbocycles. The molecule has 3 nitrogen and oxygen atoms in total. The quantitative estimate of drug-likeness (QED) is 0.545. The fraction of sp³-hybridized carbons (Fsp3) is 0.833. The number of esters is 1. The minimum atomic E-state index is -0.627. The van der Waals surface area contributed by atoms with E-state index in [1.165, 1.54) is 7.11 Å². The highest BCUT2D eigenvalue weighted by molar-refractivity contribution is 5.72. The van der Waals surface area contributed by atoms with Crippen LogP contribution in [-0.2, 0) is 9.53 Å². The summed E-state index contributed by atoms with van der Waals surface area (Å²) >= 11 is 0. The fourth-order valence-corrected chi connectivity index (χ4v) is 0.383. The average molecular weight is 132 g/mol. The van der Waals surface area contributed by atoms with Gasteiger partial charge in [0.05, 0.1) is 19.1 Å². The number of rotatable bonds is 2. The summed E-state index contributed by atoms with van der Waals surface area (Å²) in [5, 5.41) is 8.82. The Morgan fingerprint density at radius 2 is 2.00 bits per heavy atom. The van der Waals surface area contributed by atoms with Crippen LogP contribution in [0.3, 0.4) is 0 Å². The number of ether oxygens (including phenoxy) is 1. The molecule has 0 bridgehead atoms. The molecule has 0 aliphatic heterocycles. The van der Waals surface area contributed by atoms with Crippen molar-refractivity contribution in [1.82, 2.24) is 0 Å². The van der Waals surface area contributed by atoms with Crippen LogP contribution in [-0.4, -0.2) is 24.3 Å². The van der Waals surface area contributed by atoms with Crippen molar-refractivity contribution in [2.45, 2.75) is 20.0 Å². The number of aliphatic hydroxyl groups is 1. The molecule has 0 aromatic rings. The molecule has 2 atom stereocenters. The first-order valence-electron chi connectivity index (χ1n) is 2.85. The maximum absolute atomic E-state index is 10.6. The van der Waals surface area contributed by atoms with Gasteiger partial charge in [0.2, 0.25) is 0 Å². The molecule has 0 aromatic heterocycles. The smallest absolute Gasteiger partial charge is 0.310 e. The normalized spacial score (nSPS) is 16.4. The highest BCUT2D eigenvalue weighted by atomic mass is 16.5. The average Bonchev–Trinajstić information content (AvgIpc) is 1.84. The van der Waals surface area contributed by atoms with Gasteiger partial charge in [-0.15, -0.1) is 0 Å². The van der Waals surface area contributed by atoms with Crippen LogP contribution in [0, 0.1) is 5.92 Å². The third-order valence-corrected chi connectivity index (χ3v) is 1.30. The molecule has 0 saturated heterocycles. The SMILES string of the molecule is COC(=O)C(C)[C@H](C)O. The molecule has 0 spiro atoms. The zero-order valence-electron chi connectivity index (χ0n) is 5.92. The van der Waals surface area contributed by atoms with Crippen molar-refractivity contribution in [3.05, 3.63) is 0 Å². The lowest BCUT2D eigenvalue weighted by molar-refractivity contribution is -0.148. The molecule has 0 saturated carbocycles. The van der Waals surface area contributed by atoms with Crippen molar-refractivity contribution in [3.63, 3.8) is 0 Å². The summed E-state index contributed by atoms with van der Waals surface area (Å²) in [6.07, 6.45) is -0.627. The van der Waals surface area contributed by atoms with Gasteiger partial charge in [-0.1, -0.05) is 0 Å². The van der Waals surface area contributed by atoms with Crippen molar-refractivity contribution in [2.75, 3.05) is 7.11 Å². The van der Waals surface area contributed by atoms with Crippen LogP contribution >= 0.6 is 0 Å². The monoisotopic (exact) mass is 132 g/mol. The van der Waals surface area contributed by atoms with Crippen molar-refractivity contribution in [2.24, 2.45) is 5.92 Å². The molecule has 0 rings (SSSR count). The van der Waals surface area contributed by atoms with Crippen LogP contribution < -0.4 is 0 Å². The second-order valence-corrected chi connectivity index (χ2v) is 2.05. The second-order valence-electron chi connectivity index (χ2n) is 2.05. The Kier molecular flexibility index (Phi) is 3.24. The highest BCUT2D eigenvalue weighted by Crippen LogP contribution is 2.02. The number of methoxy groups -OCH3 is 1. The fourth-order valence-electron chi connectivity index (χ4n) is 0.383. The lowest BCUT2D eigenvalue weighted by atomic mass is 10.1. The largest absolute Gasteiger partial charge is 0.469 e. The van der Waals surface area contributed by atoms with E-state index >= 15 is 0 Å². The summed E-state index contributed by atoms with van der Waals surface area (Å²) in [6.45, 7) is 3.18. The van der Waals surface area contributed by atoms with E-state index in [1.54, 1.807) is 13.8 Å². The first kappa shape index (κ1) is 8.43. The molecular formula is C6H12O3. The van der Waals surface area contributed by atoms with Crippen molar-refractivity contribution in [1.29, 1.82) is 0 Å².